The molecule has 3 nitrogen and oxygen atoms in total. The van der Waals surface area contributed by atoms with Gasteiger partial charge in [0.1, 0.15) is 0 Å². The van der Waals surface area contributed by atoms with Crippen molar-refractivity contribution >= 4 is 29.4 Å². The van der Waals surface area contributed by atoms with Crippen LogP contribution in [0.25, 0.3) is 0 Å². The Bertz CT molecular complexity index is 420. The van der Waals surface area contributed by atoms with Crippen molar-refractivity contribution in [2.24, 2.45) is 9.98 Å². The van der Waals surface area contributed by atoms with Gasteiger partial charge in [-0.2, -0.15) is 0 Å². The molecule has 14 heavy (non-hydrogen) atoms. The number of amidine groups is 1. The summed E-state index contributed by atoms with van der Waals surface area (Å²) in [6.07, 6.45) is 1.61. The molecule has 0 aromatic heterocycles. The van der Waals surface area contributed by atoms with Crippen LogP contribution >= 0.6 is 11.6 Å². The van der Waals surface area contributed by atoms with Crippen molar-refractivity contribution in [3.8, 4) is 0 Å². The molecule has 1 aromatic carbocycles. The van der Waals surface area contributed by atoms with E-state index in [1.54, 1.807) is 30.5 Å². The van der Waals surface area contributed by atoms with Crippen molar-refractivity contribution in [2.45, 2.75) is 0 Å². The van der Waals surface area contributed by atoms with Gasteiger partial charge in [-0.3, -0.25) is 9.79 Å². The van der Waals surface area contributed by atoms with E-state index in [-0.39, 0.29) is 11.6 Å². The average molecular weight is 207 g/mol. The van der Waals surface area contributed by atoms with Crippen LogP contribution < -0.4 is 0 Å². The van der Waals surface area contributed by atoms with Gasteiger partial charge in [0.05, 0.1) is 6.54 Å². The molecule has 0 aliphatic carbocycles. The van der Waals surface area contributed by atoms with Crippen LogP contribution in [0.4, 0.5) is 0 Å². The van der Waals surface area contributed by atoms with Crippen LogP contribution in [-0.4, -0.2) is 24.4 Å². The third kappa shape index (κ3) is 1.72. The summed E-state index contributed by atoms with van der Waals surface area (Å²) in [5.74, 6) is 0.114. The Morgan fingerprint density at radius 3 is 2.57 bits per heavy atom. The summed E-state index contributed by atoms with van der Waals surface area (Å²) < 4.78 is 0. The van der Waals surface area contributed by atoms with Crippen LogP contribution in [-0.2, 0) is 0 Å². The third-order valence-electron chi connectivity index (χ3n) is 1.85. The first-order valence-corrected chi connectivity index (χ1v) is 4.52. The molecule has 2 rings (SSSR count). The lowest BCUT2D eigenvalue weighted by Gasteiger charge is -1.97. The lowest BCUT2D eigenvalue weighted by molar-refractivity contribution is 0.106. The molecular formula is C10H7ClN2O. The minimum atomic E-state index is -0.157. The van der Waals surface area contributed by atoms with Crippen molar-refractivity contribution in [3.63, 3.8) is 0 Å². The Hall–Kier alpha value is -1.48. The molecule has 0 saturated heterocycles. The highest BCUT2D eigenvalue weighted by molar-refractivity contribution is 6.47. The Labute approximate surface area is 86.1 Å². The fraction of sp³-hybridized carbons (Fsp3) is 0.100. The topological polar surface area (TPSA) is 41.8 Å². The number of ketones is 1. The molecule has 1 aliphatic rings. The van der Waals surface area contributed by atoms with Gasteiger partial charge in [0.15, 0.2) is 5.84 Å². The summed E-state index contributed by atoms with van der Waals surface area (Å²) >= 11 is 5.70. The first-order valence-electron chi connectivity index (χ1n) is 4.14. The largest absolute Gasteiger partial charge is 0.285 e. The minimum absolute atomic E-state index is 0.157. The van der Waals surface area contributed by atoms with E-state index in [0.717, 1.165) is 0 Å². The Balaban J connectivity index is 2.27. The van der Waals surface area contributed by atoms with Crippen molar-refractivity contribution in [2.75, 3.05) is 6.54 Å². The molecule has 0 atom stereocenters. The predicted molar refractivity (Wildman–Crippen MR) is 56.6 cm³/mol. The lowest BCUT2D eigenvalue weighted by Crippen LogP contribution is -2.09. The van der Waals surface area contributed by atoms with E-state index in [1.807, 2.05) is 0 Å². The summed E-state index contributed by atoms with van der Waals surface area (Å²) in [6.45, 7) is 0.495. The van der Waals surface area contributed by atoms with Gasteiger partial charge < -0.3 is 0 Å². The van der Waals surface area contributed by atoms with Gasteiger partial charge in [0.25, 0.3) is 0 Å². The highest BCUT2D eigenvalue weighted by Gasteiger charge is 2.14. The molecule has 0 spiro atoms. The zero-order chi connectivity index (χ0) is 9.97. The number of hydrogen-bond acceptors (Lipinski definition) is 3. The number of aliphatic imine (C=N–C) groups is 2. The third-order valence-corrected chi connectivity index (χ3v) is 2.10. The number of nitrogens with zero attached hydrogens (tertiary/aromatic N) is 2. The zero-order valence-electron chi connectivity index (χ0n) is 7.27. The van der Waals surface area contributed by atoms with Crippen molar-refractivity contribution < 1.29 is 4.79 Å². The van der Waals surface area contributed by atoms with E-state index in [9.17, 15) is 4.79 Å². The van der Waals surface area contributed by atoms with Gasteiger partial charge in [-0.1, -0.05) is 11.6 Å². The van der Waals surface area contributed by atoms with Crippen molar-refractivity contribution in [3.05, 3.63) is 34.9 Å². The maximum atomic E-state index is 11.7. The number of rotatable bonds is 2. The molecule has 0 unspecified atom stereocenters. The average Bonchev–Trinajstić information content (AvgIpc) is 2.71. The normalized spacial score (nSPS) is 14.2. The van der Waals surface area contributed by atoms with E-state index in [1.165, 1.54) is 0 Å². The van der Waals surface area contributed by atoms with Gasteiger partial charge in [-0.05, 0) is 24.3 Å². The molecule has 0 amide bonds. The second kappa shape index (κ2) is 3.72. The molecule has 1 heterocycles. The fourth-order valence-corrected chi connectivity index (χ4v) is 1.28. The quantitative estimate of drug-likeness (QED) is 0.683. The number of Topliss-reactive ketones (excluding diaryl/α,β-unsaturated/α-hetero) is 1. The molecule has 0 radical (unpaired) electrons. The Kier molecular flexibility index (Phi) is 2.41. The first kappa shape index (κ1) is 9.09. The first-order chi connectivity index (χ1) is 6.77. The number of halogens is 1. The van der Waals surface area contributed by atoms with Crippen LogP contribution in [0.3, 0.4) is 0 Å². The maximum absolute atomic E-state index is 11.7. The van der Waals surface area contributed by atoms with E-state index in [2.05, 4.69) is 9.98 Å². The summed E-state index contributed by atoms with van der Waals surface area (Å²) in [7, 11) is 0. The summed E-state index contributed by atoms with van der Waals surface area (Å²) in [4.78, 5) is 19.5. The minimum Gasteiger partial charge on any atom is -0.285 e. The van der Waals surface area contributed by atoms with Crippen LogP contribution in [0.5, 0.6) is 0 Å². The molecule has 0 N–H and O–H groups in total. The van der Waals surface area contributed by atoms with Crippen LogP contribution in [0.15, 0.2) is 34.3 Å². The molecule has 1 aromatic rings. The highest BCUT2D eigenvalue weighted by Crippen LogP contribution is 2.11. The standard InChI is InChI=1S/C10H7ClN2O/c11-8-3-1-7(2-4-8)9(14)10-12-5-6-13-10/h1-5H,6H2. The van der Waals surface area contributed by atoms with Crippen molar-refractivity contribution in [1.29, 1.82) is 0 Å². The van der Waals surface area contributed by atoms with E-state index in [0.29, 0.717) is 17.1 Å². The number of carbonyl (C=O) groups excluding carboxylic acids is 1. The van der Waals surface area contributed by atoms with Crippen LogP contribution in [0.1, 0.15) is 10.4 Å². The van der Waals surface area contributed by atoms with Crippen LogP contribution in [0, 0.1) is 0 Å². The second-order valence-electron chi connectivity index (χ2n) is 2.81. The molecule has 4 heteroatoms. The summed E-state index contributed by atoms with van der Waals surface area (Å²) in [5, 5.41) is 0.610. The SMILES string of the molecule is O=C(C1=NCC=N1)c1ccc(Cl)cc1. The molecular weight excluding hydrogens is 200 g/mol. The Morgan fingerprint density at radius 1 is 1.29 bits per heavy atom. The van der Waals surface area contributed by atoms with Gasteiger partial charge in [-0.25, -0.2) is 4.99 Å². The van der Waals surface area contributed by atoms with E-state index < -0.39 is 0 Å². The predicted octanol–water partition coefficient (Wildman–Crippen LogP) is 2.01. The molecule has 70 valence electrons. The van der Waals surface area contributed by atoms with Crippen molar-refractivity contribution in [1.82, 2.24) is 0 Å². The lowest BCUT2D eigenvalue weighted by atomic mass is 10.1. The highest BCUT2D eigenvalue weighted by atomic mass is 35.5. The smallest absolute Gasteiger partial charge is 0.229 e. The molecule has 0 saturated carbocycles. The van der Waals surface area contributed by atoms with Gasteiger partial charge in [-0.15, -0.1) is 0 Å². The second-order valence-corrected chi connectivity index (χ2v) is 3.25. The van der Waals surface area contributed by atoms with E-state index in [4.69, 9.17) is 11.6 Å². The monoisotopic (exact) mass is 206 g/mol. The van der Waals surface area contributed by atoms with Gasteiger partial charge >= 0.3 is 0 Å². The molecule has 1 aliphatic heterocycles. The number of benzene rings is 1. The fourth-order valence-electron chi connectivity index (χ4n) is 1.16. The summed E-state index contributed by atoms with van der Waals surface area (Å²) in [6, 6.07) is 6.68. The maximum Gasteiger partial charge on any atom is 0.229 e. The Morgan fingerprint density at radius 2 is 2.00 bits per heavy atom. The van der Waals surface area contributed by atoms with Crippen LogP contribution in [0.2, 0.25) is 5.02 Å². The van der Waals surface area contributed by atoms with Gasteiger partial charge in [0, 0.05) is 16.8 Å². The number of hydrogen-bond donors (Lipinski definition) is 0. The molecule has 0 bridgehead atoms. The number of carbonyl (C=O) groups is 1. The zero-order valence-corrected chi connectivity index (χ0v) is 8.03. The van der Waals surface area contributed by atoms with Gasteiger partial charge in [0.2, 0.25) is 5.78 Å². The summed E-state index contributed by atoms with van der Waals surface area (Å²) in [5.41, 5.74) is 0.562. The van der Waals surface area contributed by atoms with E-state index >= 15 is 0 Å². The molecule has 0 fully saturated rings.